The van der Waals surface area contributed by atoms with E-state index >= 15 is 0 Å². The Hall–Kier alpha value is -2.18. The summed E-state index contributed by atoms with van der Waals surface area (Å²) >= 11 is 0. The smallest absolute Gasteiger partial charge is 0.322 e. The maximum atomic E-state index is 13.4. The van der Waals surface area contributed by atoms with Crippen LogP contribution in [0.4, 0.5) is 19.3 Å². The van der Waals surface area contributed by atoms with Crippen LogP contribution in [0.2, 0.25) is 0 Å². The molecule has 0 heterocycles. The van der Waals surface area contributed by atoms with Crippen molar-refractivity contribution < 1.29 is 13.6 Å². The van der Waals surface area contributed by atoms with E-state index in [1.54, 1.807) is 13.8 Å². The van der Waals surface area contributed by atoms with Crippen LogP contribution in [0.25, 0.3) is 0 Å². The third kappa shape index (κ3) is 4.20. The van der Waals surface area contributed by atoms with Crippen molar-refractivity contribution in [3.63, 3.8) is 0 Å². The number of urea groups is 1. The molecule has 0 radical (unpaired) electrons. The van der Waals surface area contributed by atoms with Crippen LogP contribution in [0.15, 0.2) is 18.2 Å². The number of benzene rings is 1. The molecule has 0 aliphatic heterocycles. The highest BCUT2D eigenvalue weighted by Gasteiger charge is 2.19. The predicted molar refractivity (Wildman–Crippen MR) is 69.1 cm³/mol. The van der Waals surface area contributed by atoms with Crippen molar-refractivity contribution in [3.8, 4) is 0 Å². The van der Waals surface area contributed by atoms with Crippen LogP contribution >= 0.6 is 0 Å². The number of hydrogen-bond acceptors (Lipinski definition) is 2. The average Bonchev–Trinajstić information content (AvgIpc) is 2.29. The molecule has 0 fully saturated rings. The summed E-state index contributed by atoms with van der Waals surface area (Å²) in [5, 5.41) is 9.51. The first-order valence-electron chi connectivity index (χ1n) is 5.67. The average molecular weight is 270 g/mol. The Labute approximate surface area is 109 Å². The van der Waals surface area contributed by atoms with Crippen LogP contribution in [-0.2, 0) is 0 Å². The molecule has 0 saturated carbocycles. The van der Waals surface area contributed by atoms with Gasteiger partial charge in [-0.25, -0.2) is 13.6 Å². The number of nitrogens with zero attached hydrogens (tertiary/aromatic N) is 1. The molecule has 5 nitrogen and oxygen atoms in total. The number of halogens is 2. The van der Waals surface area contributed by atoms with Crippen LogP contribution in [0, 0.1) is 17.0 Å². The van der Waals surface area contributed by atoms with Gasteiger partial charge in [0.05, 0.1) is 12.2 Å². The second-order valence-corrected chi connectivity index (χ2v) is 4.30. The van der Waals surface area contributed by atoms with Gasteiger partial charge in [-0.3, -0.25) is 5.41 Å². The molecule has 104 valence electrons. The minimum absolute atomic E-state index is 0.0632. The van der Waals surface area contributed by atoms with Crippen LogP contribution in [-0.4, -0.2) is 29.4 Å². The monoisotopic (exact) mass is 270 g/mol. The molecule has 0 spiro atoms. The van der Waals surface area contributed by atoms with Crippen molar-refractivity contribution in [1.82, 2.24) is 4.90 Å². The lowest BCUT2D eigenvalue weighted by Crippen LogP contribution is -2.44. The number of anilines is 1. The van der Waals surface area contributed by atoms with Gasteiger partial charge < -0.3 is 16.0 Å². The Morgan fingerprint density at radius 2 is 2.11 bits per heavy atom. The molecule has 1 aromatic carbocycles. The molecule has 19 heavy (non-hydrogen) atoms. The number of nitrogens with two attached hydrogens (primary N) is 1. The summed E-state index contributed by atoms with van der Waals surface area (Å²) in [6.07, 6.45) is 0. The molecule has 0 aliphatic rings. The third-order valence-electron chi connectivity index (χ3n) is 2.40. The highest BCUT2D eigenvalue weighted by atomic mass is 19.1. The molecule has 2 amide bonds. The number of hydrogen-bond donors (Lipinski definition) is 3. The molecule has 7 heteroatoms. The zero-order valence-corrected chi connectivity index (χ0v) is 10.7. The number of rotatable bonds is 4. The number of nitrogens with one attached hydrogen (secondary N) is 2. The minimum atomic E-state index is -0.861. The minimum Gasteiger partial charge on any atom is -0.386 e. The second kappa shape index (κ2) is 6.12. The van der Waals surface area contributed by atoms with E-state index in [0.717, 1.165) is 12.1 Å². The lowest BCUT2D eigenvalue weighted by Gasteiger charge is -2.26. The summed E-state index contributed by atoms with van der Waals surface area (Å²) in [4.78, 5) is 13.2. The molecule has 4 N–H and O–H groups in total. The zero-order chi connectivity index (χ0) is 14.6. The van der Waals surface area contributed by atoms with Gasteiger partial charge >= 0.3 is 6.03 Å². The van der Waals surface area contributed by atoms with Crippen LogP contribution in [0.5, 0.6) is 0 Å². The van der Waals surface area contributed by atoms with Crippen molar-refractivity contribution >= 4 is 17.6 Å². The van der Waals surface area contributed by atoms with Crippen molar-refractivity contribution in [2.45, 2.75) is 19.9 Å². The van der Waals surface area contributed by atoms with Crippen molar-refractivity contribution in [2.24, 2.45) is 5.73 Å². The summed E-state index contributed by atoms with van der Waals surface area (Å²) in [6.45, 7) is 3.42. The van der Waals surface area contributed by atoms with E-state index in [0.29, 0.717) is 6.07 Å². The summed E-state index contributed by atoms with van der Waals surface area (Å²) in [5.41, 5.74) is 5.13. The molecule has 1 rings (SSSR count). The first-order chi connectivity index (χ1) is 8.81. The summed E-state index contributed by atoms with van der Waals surface area (Å²) in [7, 11) is 0. The Balaban J connectivity index is 2.84. The van der Waals surface area contributed by atoms with Crippen LogP contribution in [0.1, 0.15) is 13.8 Å². The highest BCUT2D eigenvalue weighted by Crippen LogP contribution is 2.16. The van der Waals surface area contributed by atoms with Crippen LogP contribution < -0.4 is 11.1 Å². The molecule has 0 atom stereocenters. The molecule has 1 aromatic rings. The SMILES string of the molecule is CC(C)N(CC(=N)N)C(=O)Nc1ccc(F)cc1F. The van der Waals surface area contributed by atoms with E-state index in [9.17, 15) is 13.6 Å². The van der Waals surface area contributed by atoms with Crippen LogP contribution in [0.3, 0.4) is 0 Å². The highest BCUT2D eigenvalue weighted by molar-refractivity contribution is 5.92. The molecule has 0 unspecified atom stereocenters. The van der Waals surface area contributed by atoms with E-state index in [-0.39, 0.29) is 24.1 Å². The first kappa shape index (κ1) is 14.9. The molecule has 0 bridgehead atoms. The normalized spacial score (nSPS) is 10.4. The molecular weight excluding hydrogens is 254 g/mol. The third-order valence-corrected chi connectivity index (χ3v) is 2.40. The Morgan fingerprint density at radius 3 is 2.58 bits per heavy atom. The molecule has 0 saturated heterocycles. The van der Waals surface area contributed by atoms with Gasteiger partial charge in [-0.1, -0.05) is 0 Å². The lowest BCUT2D eigenvalue weighted by molar-refractivity contribution is 0.206. The zero-order valence-electron chi connectivity index (χ0n) is 10.7. The molecule has 0 aliphatic carbocycles. The second-order valence-electron chi connectivity index (χ2n) is 4.30. The van der Waals surface area contributed by atoms with E-state index in [1.165, 1.54) is 4.90 Å². The Bertz CT molecular complexity index is 491. The number of carbonyl (C=O) groups excluding carboxylic acids is 1. The van der Waals surface area contributed by atoms with E-state index in [1.807, 2.05) is 0 Å². The molecular formula is C12H16F2N4O. The Morgan fingerprint density at radius 1 is 1.47 bits per heavy atom. The quantitative estimate of drug-likeness (QED) is 0.578. The van der Waals surface area contributed by atoms with Crippen molar-refractivity contribution in [3.05, 3.63) is 29.8 Å². The fourth-order valence-corrected chi connectivity index (χ4v) is 1.45. The van der Waals surface area contributed by atoms with E-state index < -0.39 is 17.7 Å². The standard InChI is InChI=1S/C12H16F2N4O/c1-7(2)18(6-11(15)16)12(19)17-10-4-3-8(13)5-9(10)14/h3-5,7H,6H2,1-2H3,(H3,15,16)(H,17,19). The van der Waals surface area contributed by atoms with E-state index in [4.69, 9.17) is 11.1 Å². The summed E-state index contributed by atoms with van der Waals surface area (Å²) in [6, 6.07) is 2.04. The van der Waals surface area contributed by atoms with E-state index in [2.05, 4.69) is 5.32 Å². The maximum Gasteiger partial charge on any atom is 0.322 e. The van der Waals surface area contributed by atoms with Gasteiger partial charge in [-0.15, -0.1) is 0 Å². The predicted octanol–water partition coefficient (Wildman–Crippen LogP) is 2.14. The van der Waals surface area contributed by atoms with Crippen molar-refractivity contribution in [2.75, 3.05) is 11.9 Å². The summed E-state index contributed by atoms with van der Waals surface area (Å²) < 4.78 is 26.1. The fraction of sp³-hybridized carbons (Fsp3) is 0.333. The van der Waals surface area contributed by atoms with Gasteiger partial charge in [0.2, 0.25) is 0 Å². The number of amidine groups is 1. The topological polar surface area (TPSA) is 82.2 Å². The van der Waals surface area contributed by atoms with Gasteiger partial charge in [-0.05, 0) is 26.0 Å². The van der Waals surface area contributed by atoms with Gasteiger partial charge in [0.25, 0.3) is 0 Å². The fourth-order valence-electron chi connectivity index (χ4n) is 1.45. The van der Waals surface area contributed by atoms with Gasteiger partial charge in [-0.2, -0.15) is 0 Å². The van der Waals surface area contributed by atoms with Crippen molar-refractivity contribution in [1.29, 1.82) is 5.41 Å². The van der Waals surface area contributed by atoms with Gasteiger partial charge in [0, 0.05) is 12.1 Å². The Kier molecular flexibility index (Phi) is 4.80. The first-order valence-corrected chi connectivity index (χ1v) is 5.67. The number of amides is 2. The van der Waals surface area contributed by atoms with Gasteiger partial charge in [0.15, 0.2) is 0 Å². The summed E-state index contributed by atoms with van der Waals surface area (Å²) in [5.74, 6) is -1.76. The maximum absolute atomic E-state index is 13.4. The van der Waals surface area contributed by atoms with Gasteiger partial charge in [0.1, 0.15) is 17.5 Å². The largest absolute Gasteiger partial charge is 0.386 e. The molecule has 0 aromatic heterocycles. The lowest BCUT2D eigenvalue weighted by atomic mass is 10.3. The number of carbonyl (C=O) groups is 1.